The molecule has 2 rings (SSSR count). The summed E-state index contributed by atoms with van der Waals surface area (Å²) in [6.45, 7) is 16.4. The van der Waals surface area contributed by atoms with Gasteiger partial charge in [-0.15, -0.1) is 0 Å². The smallest absolute Gasteiger partial charge is 0.275 e. The first-order chi connectivity index (χ1) is 17.2. The number of ether oxygens (including phenoxy) is 2. The van der Waals surface area contributed by atoms with E-state index in [4.69, 9.17) is 14.5 Å². The summed E-state index contributed by atoms with van der Waals surface area (Å²) in [5, 5.41) is 3.39. The Labute approximate surface area is 222 Å². The van der Waals surface area contributed by atoms with Crippen molar-refractivity contribution in [1.29, 1.82) is 0 Å². The topological polar surface area (TPSA) is 42.9 Å². The monoisotopic (exact) mass is 498 g/mol. The normalized spacial score (nSPS) is 17.0. The van der Waals surface area contributed by atoms with Gasteiger partial charge in [-0.05, 0) is 48.1 Å². The van der Waals surface area contributed by atoms with E-state index < -0.39 is 0 Å². The van der Waals surface area contributed by atoms with Crippen LogP contribution in [0.1, 0.15) is 123 Å². The average Bonchev–Trinajstić information content (AvgIpc) is 2.98. The highest BCUT2D eigenvalue weighted by atomic mass is 16.5. The summed E-state index contributed by atoms with van der Waals surface area (Å²) < 4.78 is 11.0. The zero-order valence-electron chi connectivity index (χ0n) is 24.7. The molecule has 0 aromatic heterocycles. The van der Waals surface area contributed by atoms with Gasteiger partial charge in [-0.2, -0.15) is 0 Å². The van der Waals surface area contributed by atoms with E-state index in [1.54, 1.807) is 14.2 Å². The van der Waals surface area contributed by atoms with Crippen LogP contribution >= 0.6 is 0 Å². The molecule has 4 nitrogen and oxygen atoms in total. The molecule has 4 heteroatoms. The summed E-state index contributed by atoms with van der Waals surface area (Å²) in [6, 6.07) is 6.49. The third kappa shape index (κ3) is 9.16. The Morgan fingerprint density at radius 2 is 1.36 bits per heavy atom. The van der Waals surface area contributed by atoms with Gasteiger partial charge in [0.05, 0.1) is 25.6 Å². The molecule has 1 aliphatic rings. The second-order valence-corrected chi connectivity index (χ2v) is 11.8. The Morgan fingerprint density at radius 3 is 1.92 bits per heavy atom. The number of hydrogen-bond acceptors (Lipinski definition) is 4. The second kappa shape index (κ2) is 15.3. The summed E-state index contributed by atoms with van der Waals surface area (Å²) in [5.41, 5.74) is 4.52. The number of fused-ring (bicyclic) bond motifs is 1. The van der Waals surface area contributed by atoms with Gasteiger partial charge in [0.2, 0.25) is 0 Å². The number of aliphatic imine (C=N–C) groups is 1. The number of nitrogens with one attached hydrogen (secondary N) is 1. The van der Waals surface area contributed by atoms with Gasteiger partial charge in [-0.25, -0.2) is 4.99 Å². The standard InChI is InChI=1S/C32H54N2O2/c1-22(2)14-10-15-23(3)16-11-17-24(4)18-12-19-25(5)26(6)28-20-13-21-29-30(28)27(7)33-31(35-8)32(34-29)36-9/h13,20-26,34H,10-12,14-19H2,1-9H3. The average molecular weight is 499 g/mol. The van der Waals surface area contributed by atoms with Gasteiger partial charge in [-0.3, -0.25) is 0 Å². The van der Waals surface area contributed by atoms with Gasteiger partial charge in [-0.1, -0.05) is 111 Å². The van der Waals surface area contributed by atoms with Crippen molar-refractivity contribution in [3.63, 3.8) is 0 Å². The lowest BCUT2D eigenvalue weighted by Gasteiger charge is -2.25. The van der Waals surface area contributed by atoms with Crippen LogP contribution in [0.4, 0.5) is 5.69 Å². The molecule has 0 saturated heterocycles. The van der Waals surface area contributed by atoms with Crippen molar-refractivity contribution in [3.05, 3.63) is 41.1 Å². The minimum absolute atomic E-state index is 0.448. The molecule has 0 radical (unpaired) electrons. The fourth-order valence-corrected chi connectivity index (χ4v) is 5.49. The molecule has 1 N–H and O–H groups in total. The molecule has 1 aromatic carbocycles. The second-order valence-electron chi connectivity index (χ2n) is 11.8. The largest absolute Gasteiger partial charge is 0.478 e. The summed E-state index contributed by atoms with van der Waals surface area (Å²) >= 11 is 0. The summed E-state index contributed by atoms with van der Waals surface area (Å²) in [6.07, 6.45) is 12.2. The summed E-state index contributed by atoms with van der Waals surface area (Å²) in [5.74, 6) is 4.64. The first-order valence-electron chi connectivity index (χ1n) is 14.5. The number of rotatable bonds is 16. The Balaban J connectivity index is 1.85. The van der Waals surface area contributed by atoms with Gasteiger partial charge in [0.15, 0.2) is 0 Å². The van der Waals surface area contributed by atoms with E-state index in [9.17, 15) is 0 Å². The molecule has 0 amide bonds. The van der Waals surface area contributed by atoms with Crippen molar-refractivity contribution in [1.82, 2.24) is 0 Å². The predicted octanol–water partition coefficient (Wildman–Crippen LogP) is 9.52. The molecular weight excluding hydrogens is 444 g/mol. The molecule has 4 unspecified atom stereocenters. The SMILES string of the molecule is COC1=C(OC)Nc2cccc(C(C)C(C)CCCC(C)CCCC(C)CCCC(C)C)c2C(C)=N1. The fourth-order valence-electron chi connectivity index (χ4n) is 5.49. The molecule has 1 heterocycles. The molecule has 0 bridgehead atoms. The van der Waals surface area contributed by atoms with E-state index in [1.807, 2.05) is 0 Å². The maximum absolute atomic E-state index is 5.51. The molecule has 0 spiro atoms. The maximum Gasteiger partial charge on any atom is 0.275 e. The molecule has 0 saturated carbocycles. The first-order valence-corrected chi connectivity index (χ1v) is 14.5. The van der Waals surface area contributed by atoms with Gasteiger partial charge in [0, 0.05) is 5.56 Å². The van der Waals surface area contributed by atoms with Crippen molar-refractivity contribution in [2.75, 3.05) is 19.5 Å². The van der Waals surface area contributed by atoms with E-state index in [-0.39, 0.29) is 0 Å². The van der Waals surface area contributed by atoms with E-state index in [2.05, 4.69) is 72.0 Å². The van der Waals surface area contributed by atoms with Crippen molar-refractivity contribution in [2.45, 2.75) is 112 Å². The van der Waals surface area contributed by atoms with E-state index in [0.717, 1.165) is 29.2 Å². The third-order valence-electron chi connectivity index (χ3n) is 8.14. The van der Waals surface area contributed by atoms with E-state index in [1.165, 1.54) is 68.9 Å². The molecule has 0 fully saturated rings. The highest BCUT2D eigenvalue weighted by molar-refractivity contribution is 6.06. The minimum Gasteiger partial charge on any atom is -0.478 e. The van der Waals surface area contributed by atoms with E-state index >= 15 is 0 Å². The fraction of sp³-hybridized carbons (Fsp3) is 0.719. The van der Waals surface area contributed by atoms with Crippen LogP contribution in [0.15, 0.2) is 35.0 Å². The molecular formula is C32H54N2O2. The lowest BCUT2D eigenvalue weighted by molar-refractivity contribution is 0.224. The Hall–Kier alpha value is -1.97. The van der Waals surface area contributed by atoms with Gasteiger partial charge >= 0.3 is 0 Å². The Morgan fingerprint density at radius 1 is 0.778 bits per heavy atom. The van der Waals surface area contributed by atoms with Crippen LogP contribution in [0.25, 0.3) is 0 Å². The van der Waals surface area contributed by atoms with Gasteiger partial charge in [0.1, 0.15) is 0 Å². The number of nitrogens with zero attached hydrogens (tertiary/aromatic N) is 1. The van der Waals surface area contributed by atoms with Crippen LogP contribution < -0.4 is 5.32 Å². The number of anilines is 1. The van der Waals surface area contributed by atoms with Crippen LogP contribution in [-0.4, -0.2) is 19.9 Å². The quantitative estimate of drug-likeness (QED) is 0.247. The van der Waals surface area contributed by atoms with Crippen molar-refractivity contribution >= 4 is 11.4 Å². The summed E-state index contributed by atoms with van der Waals surface area (Å²) in [7, 11) is 3.27. The molecule has 0 aliphatic carbocycles. The first kappa shape index (κ1) is 30.3. The van der Waals surface area contributed by atoms with Crippen LogP contribution in [0.2, 0.25) is 0 Å². The molecule has 4 atom stereocenters. The summed E-state index contributed by atoms with van der Waals surface area (Å²) in [4.78, 5) is 4.73. The molecule has 36 heavy (non-hydrogen) atoms. The maximum atomic E-state index is 5.51. The highest BCUT2D eigenvalue weighted by Crippen LogP contribution is 2.36. The Kier molecular flexibility index (Phi) is 12.9. The van der Waals surface area contributed by atoms with Crippen molar-refractivity contribution in [3.8, 4) is 0 Å². The van der Waals surface area contributed by atoms with Crippen LogP contribution in [0.5, 0.6) is 0 Å². The minimum atomic E-state index is 0.448. The zero-order chi connectivity index (χ0) is 26.7. The molecule has 1 aromatic rings. The number of benzene rings is 1. The van der Waals surface area contributed by atoms with Crippen LogP contribution in [-0.2, 0) is 9.47 Å². The lowest BCUT2D eigenvalue weighted by atomic mass is 9.81. The number of hydrogen-bond donors (Lipinski definition) is 1. The number of methoxy groups -OCH3 is 2. The molecule has 204 valence electrons. The van der Waals surface area contributed by atoms with Crippen molar-refractivity contribution in [2.24, 2.45) is 28.7 Å². The molecule has 1 aliphatic heterocycles. The highest BCUT2D eigenvalue weighted by Gasteiger charge is 2.24. The van der Waals surface area contributed by atoms with Crippen molar-refractivity contribution < 1.29 is 9.47 Å². The van der Waals surface area contributed by atoms with Crippen LogP contribution in [0.3, 0.4) is 0 Å². The van der Waals surface area contributed by atoms with Gasteiger partial charge < -0.3 is 14.8 Å². The Bertz CT molecular complexity index is 858. The third-order valence-corrected chi connectivity index (χ3v) is 8.14. The lowest BCUT2D eigenvalue weighted by Crippen LogP contribution is -2.13. The predicted molar refractivity (Wildman–Crippen MR) is 156 cm³/mol. The van der Waals surface area contributed by atoms with Crippen LogP contribution in [0, 0.1) is 23.7 Å². The van der Waals surface area contributed by atoms with E-state index in [0.29, 0.717) is 23.6 Å². The van der Waals surface area contributed by atoms with Gasteiger partial charge in [0.25, 0.3) is 11.8 Å². The zero-order valence-corrected chi connectivity index (χ0v) is 24.7.